The summed E-state index contributed by atoms with van der Waals surface area (Å²) in [7, 11) is 0. The Balaban J connectivity index is 1.81. The molecule has 27 heavy (non-hydrogen) atoms. The zero-order valence-corrected chi connectivity index (χ0v) is 15.8. The van der Waals surface area contributed by atoms with Crippen molar-refractivity contribution in [1.82, 2.24) is 14.7 Å². The van der Waals surface area contributed by atoms with Crippen LogP contribution >= 0.6 is 0 Å². The number of nitrogens with zero attached hydrogens (tertiary/aromatic N) is 4. The van der Waals surface area contributed by atoms with Gasteiger partial charge in [-0.15, -0.1) is 0 Å². The van der Waals surface area contributed by atoms with E-state index < -0.39 is 0 Å². The van der Waals surface area contributed by atoms with Crippen molar-refractivity contribution in [3.63, 3.8) is 0 Å². The van der Waals surface area contributed by atoms with Gasteiger partial charge in [0.15, 0.2) is 0 Å². The van der Waals surface area contributed by atoms with E-state index in [1.54, 1.807) is 16.8 Å². The average molecular weight is 372 g/mol. The first-order valence-corrected chi connectivity index (χ1v) is 9.21. The summed E-state index contributed by atoms with van der Waals surface area (Å²) in [4.78, 5) is 2.32. The molecule has 1 aliphatic heterocycles. The van der Waals surface area contributed by atoms with Gasteiger partial charge < -0.3 is 9.47 Å². The first-order valence-electron chi connectivity index (χ1n) is 9.21. The molecule has 7 heteroatoms. The first-order chi connectivity index (χ1) is 13.1. The largest absolute Gasteiger partial charge is 0.379 e. The molecule has 1 atom stereocenters. The minimum Gasteiger partial charge on any atom is -0.379 e. The monoisotopic (exact) mass is 372 g/mol. The lowest BCUT2D eigenvalue weighted by molar-refractivity contribution is -0.0214. The molecule has 0 amide bonds. The zero-order chi connectivity index (χ0) is 19.2. The number of hydrogen-bond donors (Lipinski definition) is 0. The normalized spacial score (nSPS) is 17.8. The molecule has 0 N–H and O–H groups in total. The summed E-state index contributed by atoms with van der Waals surface area (Å²) < 4.78 is 27.2. The molecular weight excluding hydrogens is 347 g/mol. The van der Waals surface area contributed by atoms with Crippen LogP contribution in [0, 0.1) is 31.0 Å². The Bertz CT molecular complexity index is 815. The lowest BCUT2D eigenvalue weighted by Gasteiger charge is -2.35. The summed E-state index contributed by atoms with van der Waals surface area (Å²) in [6, 6.07) is 8.79. The fourth-order valence-electron chi connectivity index (χ4n) is 3.57. The highest BCUT2D eigenvalue weighted by molar-refractivity contribution is 5.39. The molecule has 1 aromatic carbocycles. The van der Waals surface area contributed by atoms with Gasteiger partial charge in [0.2, 0.25) is 0 Å². The van der Waals surface area contributed by atoms with E-state index in [0.29, 0.717) is 38.5 Å². The highest BCUT2D eigenvalue weighted by atomic mass is 19.1. The molecule has 0 bridgehead atoms. The smallest absolute Gasteiger partial charge is 0.148 e. The van der Waals surface area contributed by atoms with Crippen LogP contribution in [0.1, 0.15) is 29.4 Å². The van der Waals surface area contributed by atoms with Crippen LogP contribution in [0.2, 0.25) is 0 Å². The molecule has 2 heterocycles. The number of nitriles is 1. The lowest BCUT2D eigenvalue weighted by atomic mass is 10.0. The van der Waals surface area contributed by atoms with Crippen LogP contribution in [0.4, 0.5) is 4.39 Å². The van der Waals surface area contributed by atoms with Crippen LogP contribution in [0.25, 0.3) is 5.69 Å². The number of halogens is 1. The first kappa shape index (κ1) is 19.5. The third kappa shape index (κ3) is 4.35. The Morgan fingerprint density at radius 3 is 2.93 bits per heavy atom. The molecular formula is C20H25FN4O2. The molecule has 0 radical (unpaired) electrons. The molecule has 1 unspecified atom stereocenters. The average Bonchev–Trinajstić information content (AvgIpc) is 2.96. The standard InChI is InChI=1S/C20H25FN4O2/c1-15-20(16(2)25(23-15)18-7-4-3-6-17(18)21)19-14-27-13-10-24(19)9-12-26-11-5-8-22/h3-4,6-7,19H,5,9-14H2,1-2H3. The van der Waals surface area contributed by atoms with Crippen LogP contribution in [0.15, 0.2) is 24.3 Å². The molecule has 3 rings (SSSR count). The van der Waals surface area contributed by atoms with Crippen LogP contribution < -0.4 is 0 Å². The number of ether oxygens (including phenoxy) is 2. The van der Waals surface area contributed by atoms with E-state index in [1.807, 2.05) is 19.9 Å². The highest BCUT2D eigenvalue weighted by Crippen LogP contribution is 2.31. The van der Waals surface area contributed by atoms with Crippen molar-refractivity contribution in [1.29, 1.82) is 5.26 Å². The number of aromatic nitrogens is 2. The SMILES string of the molecule is Cc1nn(-c2ccccc2F)c(C)c1C1COCCN1CCOCCC#N. The highest BCUT2D eigenvalue weighted by Gasteiger charge is 2.30. The van der Waals surface area contributed by atoms with Gasteiger partial charge in [0, 0.05) is 24.3 Å². The van der Waals surface area contributed by atoms with Crippen molar-refractivity contribution < 1.29 is 13.9 Å². The maximum atomic E-state index is 14.2. The molecule has 0 aliphatic carbocycles. The number of aryl methyl sites for hydroxylation is 1. The Labute approximate surface area is 159 Å². The van der Waals surface area contributed by atoms with E-state index in [-0.39, 0.29) is 11.9 Å². The predicted molar refractivity (Wildman–Crippen MR) is 99.2 cm³/mol. The number of para-hydroxylation sites is 1. The number of rotatable bonds is 7. The molecule has 0 saturated carbocycles. The Kier molecular flexibility index (Phi) is 6.56. The lowest BCUT2D eigenvalue weighted by Crippen LogP contribution is -2.41. The summed E-state index contributed by atoms with van der Waals surface area (Å²) in [5, 5.41) is 13.2. The summed E-state index contributed by atoms with van der Waals surface area (Å²) in [6.45, 7) is 7.75. The number of benzene rings is 1. The van der Waals surface area contributed by atoms with Crippen molar-refractivity contribution in [3.05, 3.63) is 47.0 Å². The summed E-state index contributed by atoms with van der Waals surface area (Å²) >= 11 is 0. The van der Waals surface area contributed by atoms with Crippen molar-refractivity contribution >= 4 is 0 Å². The molecule has 0 spiro atoms. The molecule has 1 fully saturated rings. The van der Waals surface area contributed by atoms with Gasteiger partial charge in [-0.05, 0) is 26.0 Å². The van der Waals surface area contributed by atoms with Gasteiger partial charge in [0.1, 0.15) is 11.5 Å². The maximum Gasteiger partial charge on any atom is 0.148 e. The van der Waals surface area contributed by atoms with Gasteiger partial charge in [0.05, 0.1) is 50.7 Å². The van der Waals surface area contributed by atoms with E-state index >= 15 is 0 Å². The van der Waals surface area contributed by atoms with Gasteiger partial charge >= 0.3 is 0 Å². The van der Waals surface area contributed by atoms with Gasteiger partial charge in [-0.1, -0.05) is 12.1 Å². The third-order valence-corrected chi connectivity index (χ3v) is 4.88. The maximum absolute atomic E-state index is 14.2. The van der Waals surface area contributed by atoms with Crippen molar-refractivity contribution in [2.75, 3.05) is 39.5 Å². The predicted octanol–water partition coefficient (Wildman–Crippen LogP) is 2.93. The fraction of sp³-hybridized carbons (Fsp3) is 0.500. The van der Waals surface area contributed by atoms with Gasteiger partial charge in [0.25, 0.3) is 0 Å². The summed E-state index contributed by atoms with van der Waals surface area (Å²) in [6.07, 6.45) is 0.403. The van der Waals surface area contributed by atoms with Gasteiger partial charge in [-0.25, -0.2) is 9.07 Å². The number of morpholine rings is 1. The van der Waals surface area contributed by atoms with Gasteiger partial charge in [-0.3, -0.25) is 4.90 Å². The molecule has 1 saturated heterocycles. The topological polar surface area (TPSA) is 63.3 Å². The van der Waals surface area contributed by atoms with Crippen LogP contribution in [0.5, 0.6) is 0 Å². The van der Waals surface area contributed by atoms with Crippen molar-refractivity contribution in [2.45, 2.75) is 26.3 Å². The summed E-state index contributed by atoms with van der Waals surface area (Å²) in [5.74, 6) is -0.294. The fourth-order valence-corrected chi connectivity index (χ4v) is 3.57. The second-order valence-corrected chi connectivity index (χ2v) is 6.59. The minimum absolute atomic E-state index is 0.0545. The second kappa shape index (κ2) is 9.09. The Morgan fingerprint density at radius 2 is 2.15 bits per heavy atom. The van der Waals surface area contributed by atoms with Crippen molar-refractivity contribution in [2.24, 2.45) is 0 Å². The van der Waals surface area contributed by atoms with E-state index in [1.165, 1.54) is 6.07 Å². The zero-order valence-electron chi connectivity index (χ0n) is 15.8. The van der Waals surface area contributed by atoms with Crippen LogP contribution in [0.3, 0.4) is 0 Å². The molecule has 1 aromatic heterocycles. The van der Waals surface area contributed by atoms with Crippen LogP contribution in [-0.2, 0) is 9.47 Å². The second-order valence-electron chi connectivity index (χ2n) is 6.59. The molecule has 6 nitrogen and oxygen atoms in total. The van der Waals surface area contributed by atoms with E-state index in [0.717, 1.165) is 30.0 Å². The van der Waals surface area contributed by atoms with E-state index in [2.05, 4.69) is 16.1 Å². The summed E-state index contributed by atoms with van der Waals surface area (Å²) in [5.41, 5.74) is 3.33. The van der Waals surface area contributed by atoms with E-state index in [4.69, 9.17) is 14.7 Å². The molecule has 144 valence electrons. The third-order valence-electron chi connectivity index (χ3n) is 4.88. The van der Waals surface area contributed by atoms with Crippen LogP contribution in [-0.4, -0.2) is 54.2 Å². The Morgan fingerprint density at radius 1 is 1.33 bits per heavy atom. The van der Waals surface area contributed by atoms with Gasteiger partial charge in [-0.2, -0.15) is 10.4 Å². The minimum atomic E-state index is -0.294. The van der Waals surface area contributed by atoms with Crippen molar-refractivity contribution in [3.8, 4) is 11.8 Å². The molecule has 2 aromatic rings. The quantitative estimate of drug-likeness (QED) is 0.699. The van der Waals surface area contributed by atoms with E-state index in [9.17, 15) is 4.39 Å². The molecule has 1 aliphatic rings. The Hall–Kier alpha value is -2.27. The number of hydrogen-bond acceptors (Lipinski definition) is 5.